The Bertz CT molecular complexity index is 1140. The number of nitrogens with zero attached hydrogens (tertiary/aromatic N) is 3. The zero-order chi connectivity index (χ0) is 21.0. The third-order valence-electron chi connectivity index (χ3n) is 4.52. The number of hydrogen-bond donors (Lipinski definition) is 1. The van der Waals surface area contributed by atoms with E-state index in [1.54, 1.807) is 48.8 Å². The van der Waals surface area contributed by atoms with Crippen LogP contribution in [0.25, 0.3) is 0 Å². The predicted octanol–water partition coefficient (Wildman–Crippen LogP) is 2.81. The fourth-order valence-corrected chi connectivity index (χ4v) is 3.06. The Labute approximate surface area is 167 Å². The molecule has 0 aliphatic rings. The van der Waals surface area contributed by atoms with Gasteiger partial charge in [0, 0.05) is 18.0 Å². The lowest BCUT2D eigenvalue weighted by molar-refractivity contribution is 0.103. The minimum Gasteiger partial charge on any atom is -0.494 e. The largest absolute Gasteiger partial charge is 0.494 e. The van der Waals surface area contributed by atoms with E-state index in [9.17, 15) is 20.0 Å². The molecule has 2 aromatic heterocycles. The molecular formula is C22H19N3O4. The van der Waals surface area contributed by atoms with E-state index in [1.807, 2.05) is 13.0 Å². The average molecular weight is 389 g/mol. The number of carbonyl (C=O) groups excluding carboxylic acids is 1. The molecule has 0 radical (unpaired) electrons. The molecule has 7 nitrogen and oxygen atoms in total. The second-order valence-electron chi connectivity index (χ2n) is 6.35. The number of benzene rings is 1. The van der Waals surface area contributed by atoms with Gasteiger partial charge >= 0.3 is 0 Å². The number of nitriles is 1. The van der Waals surface area contributed by atoms with E-state index in [0.717, 1.165) is 4.57 Å². The molecule has 0 fully saturated rings. The molecule has 2 heterocycles. The van der Waals surface area contributed by atoms with Crippen LogP contribution in [0.4, 0.5) is 0 Å². The monoisotopic (exact) mass is 389 g/mol. The summed E-state index contributed by atoms with van der Waals surface area (Å²) >= 11 is 0. The van der Waals surface area contributed by atoms with E-state index in [2.05, 4.69) is 4.98 Å². The van der Waals surface area contributed by atoms with Crippen molar-refractivity contribution in [1.29, 1.82) is 5.26 Å². The lowest BCUT2D eigenvalue weighted by Gasteiger charge is -2.15. The Morgan fingerprint density at radius 1 is 1.28 bits per heavy atom. The molecule has 0 aliphatic carbocycles. The van der Waals surface area contributed by atoms with Crippen LogP contribution < -0.4 is 10.3 Å². The first kappa shape index (κ1) is 19.8. The number of rotatable bonds is 6. The minimum absolute atomic E-state index is 0.0168. The van der Waals surface area contributed by atoms with E-state index in [-0.39, 0.29) is 23.2 Å². The second-order valence-corrected chi connectivity index (χ2v) is 6.35. The molecule has 0 amide bonds. The third-order valence-corrected chi connectivity index (χ3v) is 4.52. The molecule has 0 bridgehead atoms. The van der Waals surface area contributed by atoms with Gasteiger partial charge in [-0.15, -0.1) is 0 Å². The lowest BCUT2D eigenvalue weighted by Crippen LogP contribution is -2.27. The third kappa shape index (κ3) is 3.87. The summed E-state index contributed by atoms with van der Waals surface area (Å²) in [5.41, 5.74) is 0.195. The maximum Gasteiger partial charge on any atom is 0.271 e. The van der Waals surface area contributed by atoms with Crippen molar-refractivity contribution in [2.75, 3.05) is 6.61 Å². The molecule has 29 heavy (non-hydrogen) atoms. The minimum atomic E-state index is -0.658. The standard InChI is InChI=1S/C22H19N3O4/c1-3-29-17-8-6-16(7-9-17)20(26)19-14(2)18(11-23)21(27)25(22(19)28)13-15-5-4-10-24-12-15/h4-10,12,28H,3,13H2,1-2H3. The summed E-state index contributed by atoms with van der Waals surface area (Å²) in [4.78, 5) is 29.8. The van der Waals surface area contributed by atoms with Gasteiger partial charge in [-0.25, -0.2) is 0 Å². The highest BCUT2D eigenvalue weighted by Crippen LogP contribution is 2.26. The van der Waals surface area contributed by atoms with E-state index in [4.69, 9.17) is 4.74 Å². The molecule has 0 unspecified atom stereocenters. The predicted molar refractivity (Wildman–Crippen MR) is 106 cm³/mol. The molecule has 7 heteroatoms. The van der Waals surface area contributed by atoms with Crippen LogP contribution >= 0.6 is 0 Å². The fourth-order valence-electron chi connectivity index (χ4n) is 3.06. The van der Waals surface area contributed by atoms with Crippen molar-refractivity contribution in [3.8, 4) is 17.7 Å². The zero-order valence-electron chi connectivity index (χ0n) is 16.0. The molecule has 1 aromatic carbocycles. The number of carbonyl (C=O) groups is 1. The molecular weight excluding hydrogens is 370 g/mol. The van der Waals surface area contributed by atoms with Gasteiger partial charge in [0.25, 0.3) is 5.56 Å². The van der Waals surface area contributed by atoms with Crippen LogP contribution in [-0.4, -0.2) is 27.0 Å². The van der Waals surface area contributed by atoms with Gasteiger partial charge in [0.2, 0.25) is 5.88 Å². The highest BCUT2D eigenvalue weighted by atomic mass is 16.5. The van der Waals surface area contributed by atoms with Crippen molar-refractivity contribution in [3.05, 3.63) is 87.0 Å². The number of hydrogen-bond acceptors (Lipinski definition) is 6. The van der Waals surface area contributed by atoms with Crippen LogP contribution in [-0.2, 0) is 6.54 Å². The lowest BCUT2D eigenvalue weighted by atomic mass is 9.97. The van der Waals surface area contributed by atoms with Gasteiger partial charge in [-0.2, -0.15) is 5.26 Å². The van der Waals surface area contributed by atoms with Gasteiger partial charge < -0.3 is 9.84 Å². The number of pyridine rings is 2. The summed E-state index contributed by atoms with van der Waals surface area (Å²) in [5, 5.41) is 20.3. The normalized spacial score (nSPS) is 10.4. The quantitative estimate of drug-likeness (QED) is 0.650. The molecule has 1 N–H and O–H groups in total. The van der Waals surface area contributed by atoms with Crippen LogP contribution in [0.1, 0.15) is 39.5 Å². The van der Waals surface area contributed by atoms with Gasteiger partial charge in [0.15, 0.2) is 5.78 Å². The first-order chi connectivity index (χ1) is 14.0. The van der Waals surface area contributed by atoms with Crippen molar-refractivity contribution >= 4 is 5.78 Å². The molecule has 0 spiro atoms. The summed E-state index contributed by atoms with van der Waals surface area (Å²) in [6.45, 7) is 3.82. The van der Waals surface area contributed by atoms with Crippen LogP contribution in [0.3, 0.4) is 0 Å². The Morgan fingerprint density at radius 3 is 2.59 bits per heavy atom. The molecule has 146 valence electrons. The second kappa shape index (κ2) is 8.40. The van der Waals surface area contributed by atoms with Crippen LogP contribution in [0.5, 0.6) is 11.6 Å². The number of aromatic nitrogens is 2. The molecule has 3 rings (SSSR count). The van der Waals surface area contributed by atoms with Gasteiger partial charge in [0.05, 0.1) is 18.7 Å². The Hall–Kier alpha value is -3.92. The van der Waals surface area contributed by atoms with Gasteiger partial charge in [-0.1, -0.05) is 6.07 Å². The van der Waals surface area contributed by atoms with E-state index >= 15 is 0 Å². The van der Waals surface area contributed by atoms with Gasteiger partial charge in [-0.05, 0) is 55.3 Å². The van der Waals surface area contributed by atoms with E-state index in [0.29, 0.717) is 23.5 Å². The maximum atomic E-state index is 13.1. The SMILES string of the molecule is CCOc1ccc(C(=O)c2c(C)c(C#N)c(=O)n(Cc3cccnc3)c2O)cc1. The number of ether oxygens (including phenoxy) is 1. The Balaban J connectivity index is 2.13. The number of ketones is 1. The maximum absolute atomic E-state index is 13.1. The van der Waals surface area contributed by atoms with Gasteiger partial charge in [0.1, 0.15) is 17.4 Å². The van der Waals surface area contributed by atoms with Crippen molar-refractivity contribution in [3.63, 3.8) is 0 Å². The molecule has 3 aromatic rings. The first-order valence-corrected chi connectivity index (χ1v) is 9.00. The molecule has 0 saturated heterocycles. The zero-order valence-corrected chi connectivity index (χ0v) is 16.0. The fraction of sp³-hybridized carbons (Fsp3) is 0.182. The van der Waals surface area contributed by atoms with Crippen molar-refractivity contribution in [1.82, 2.24) is 9.55 Å². The molecule has 0 atom stereocenters. The smallest absolute Gasteiger partial charge is 0.271 e. The summed E-state index contributed by atoms with van der Waals surface area (Å²) in [6.07, 6.45) is 3.13. The summed E-state index contributed by atoms with van der Waals surface area (Å²) in [5.74, 6) is -0.349. The average Bonchev–Trinajstić information content (AvgIpc) is 2.73. The van der Waals surface area contributed by atoms with Crippen LogP contribution in [0, 0.1) is 18.3 Å². The summed E-state index contributed by atoms with van der Waals surface area (Å²) in [7, 11) is 0. The van der Waals surface area contributed by atoms with Gasteiger partial charge in [-0.3, -0.25) is 19.1 Å². The first-order valence-electron chi connectivity index (χ1n) is 9.00. The summed E-state index contributed by atoms with van der Waals surface area (Å²) in [6, 6.07) is 11.8. The Kier molecular flexibility index (Phi) is 5.74. The molecule has 0 saturated carbocycles. The molecule has 0 aliphatic heterocycles. The topological polar surface area (TPSA) is 105 Å². The highest BCUT2D eigenvalue weighted by Gasteiger charge is 2.25. The van der Waals surface area contributed by atoms with Crippen molar-refractivity contribution in [2.24, 2.45) is 0 Å². The van der Waals surface area contributed by atoms with Crippen molar-refractivity contribution < 1.29 is 14.6 Å². The van der Waals surface area contributed by atoms with E-state index < -0.39 is 17.2 Å². The Morgan fingerprint density at radius 2 is 2.00 bits per heavy atom. The highest BCUT2D eigenvalue weighted by molar-refractivity contribution is 6.11. The van der Waals surface area contributed by atoms with Crippen molar-refractivity contribution in [2.45, 2.75) is 20.4 Å². The van der Waals surface area contributed by atoms with Crippen LogP contribution in [0.2, 0.25) is 0 Å². The van der Waals surface area contributed by atoms with Crippen LogP contribution in [0.15, 0.2) is 53.6 Å². The summed E-state index contributed by atoms with van der Waals surface area (Å²) < 4.78 is 6.39. The van der Waals surface area contributed by atoms with E-state index in [1.165, 1.54) is 6.92 Å². The number of aromatic hydroxyl groups is 1.